The Morgan fingerprint density at radius 2 is 2.00 bits per heavy atom. The number of nitrogens with one attached hydrogen (secondary N) is 1. The third kappa shape index (κ3) is 2.98. The van der Waals surface area contributed by atoms with Crippen molar-refractivity contribution in [2.24, 2.45) is 0 Å². The van der Waals surface area contributed by atoms with Crippen molar-refractivity contribution in [2.75, 3.05) is 10.2 Å². The van der Waals surface area contributed by atoms with Gasteiger partial charge in [0.15, 0.2) is 0 Å². The van der Waals surface area contributed by atoms with Crippen LogP contribution in [0.5, 0.6) is 5.75 Å². The minimum atomic E-state index is -0.772. The second-order valence-corrected chi connectivity index (χ2v) is 5.52. The molecule has 23 heavy (non-hydrogen) atoms. The van der Waals surface area contributed by atoms with Crippen LogP contribution in [0.4, 0.5) is 15.8 Å². The van der Waals surface area contributed by atoms with Gasteiger partial charge in [0.1, 0.15) is 17.6 Å². The number of halogens is 2. The van der Waals surface area contributed by atoms with Gasteiger partial charge in [-0.15, -0.1) is 0 Å². The molecule has 0 bridgehead atoms. The van der Waals surface area contributed by atoms with Gasteiger partial charge in [0.2, 0.25) is 5.91 Å². The first-order valence-corrected chi connectivity index (χ1v) is 7.21. The Kier molecular flexibility index (Phi) is 3.92. The number of phenolic OH excluding ortho intramolecular Hbond substituents is 1. The van der Waals surface area contributed by atoms with E-state index in [-0.39, 0.29) is 23.1 Å². The number of carbonyl (C=O) groups excluding carboxylic acids is 2. The molecular weight excluding hydrogens is 323 g/mol. The molecule has 2 amide bonds. The Hall–Kier alpha value is -2.60. The quantitative estimate of drug-likeness (QED) is 0.847. The number of hydrogen-bond donors (Lipinski definition) is 2. The molecule has 0 spiro atoms. The second kappa shape index (κ2) is 5.89. The van der Waals surface area contributed by atoms with Crippen molar-refractivity contribution >= 4 is 34.8 Å². The van der Waals surface area contributed by atoms with Crippen molar-refractivity contribution in [2.45, 2.75) is 12.5 Å². The molecule has 3 rings (SSSR count). The highest BCUT2D eigenvalue weighted by Gasteiger charge is 2.39. The molecule has 1 unspecified atom stereocenters. The Morgan fingerprint density at radius 3 is 2.70 bits per heavy atom. The fourth-order valence-electron chi connectivity index (χ4n) is 2.44. The highest BCUT2D eigenvalue weighted by molar-refractivity contribution is 6.31. The zero-order valence-electron chi connectivity index (χ0n) is 11.8. The maximum absolute atomic E-state index is 13.2. The molecule has 2 N–H and O–H groups in total. The molecule has 1 heterocycles. The topological polar surface area (TPSA) is 69.6 Å². The number of aromatic hydroxyl groups is 1. The lowest BCUT2D eigenvalue weighted by Gasteiger charge is -2.16. The maximum atomic E-state index is 13.2. The lowest BCUT2D eigenvalue weighted by molar-refractivity contribution is -0.121. The molecule has 118 valence electrons. The van der Waals surface area contributed by atoms with E-state index in [0.717, 1.165) is 4.90 Å². The lowest BCUT2D eigenvalue weighted by Crippen LogP contribution is -2.34. The molecule has 0 aliphatic carbocycles. The van der Waals surface area contributed by atoms with Gasteiger partial charge >= 0.3 is 0 Å². The van der Waals surface area contributed by atoms with Crippen molar-refractivity contribution in [1.29, 1.82) is 0 Å². The summed E-state index contributed by atoms with van der Waals surface area (Å²) >= 11 is 5.70. The summed E-state index contributed by atoms with van der Waals surface area (Å²) in [5.74, 6) is -1.43. The molecule has 7 heteroatoms. The molecule has 1 saturated heterocycles. The molecule has 0 aromatic heterocycles. The van der Waals surface area contributed by atoms with Gasteiger partial charge in [0, 0.05) is 11.8 Å². The number of phenols is 1. The minimum Gasteiger partial charge on any atom is -0.508 e. The van der Waals surface area contributed by atoms with Crippen LogP contribution in [0.25, 0.3) is 0 Å². The summed E-state index contributed by atoms with van der Waals surface area (Å²) in [5.41, 5.74) is 0.752. The highest BCUT2D eigenvalue weighted by Crippen LogP contribution is 2.28. The van der Waals surface area contributed by atoms with Crippen LogP contribution in [0.1, 0.15) is 6.42 Å². The predicted octanol–water partition coefficient (Wildman–Crippen LogP) is 2.93. The molecule has 1 fully saturated rings. The van der Waals surface area contributed by atoms with Gasteiger partial charge in [-0.25, -0.2) is 9.29 Å². The van der Waals surface area contributed by atoms with Crippen LogP contribution in [0.15, 0.2) is 42.5 Å². The number of rotatable bonds is 3. The van der Waals surface area contributed by atoms with Crippen LogP contribution in [0.3, 0.4) is 0 Å². The molecule has 0 saturated carbocycles. The minimum absolute atomic E-state index is 0.0372. The van der Waals surface area contributed by atoms with Crippen molar-refractivity contribution in [3.05, 3.63) is 53.3 Å². The molecule has 2 aromatic rings. The number of amides is 2. The van der Waals surface area contributed by atoms with E-state index in [9.17, 15) is 19.1 Å². The zero-order valence-corrected chi connectivity index (χ0v) is 12.5. The summed E-state index contributed by atoms with van der Waals surface area (Å²) < 4.78 is 13.2. The van der Waals surface area contributed by atoms with E-state index in [1.165, 1.54) is 30.3 Å². The van der Waals surface area contributed by atoms with Gasteiger partial charge in [-0.1, -0.05) is 17.7 Å². The average Bonchev–Trinajstić information content (AvgIpc) is 2.77. The smallest absolute Gasteiger partial charge is 0.256 e. The molecular formula is C16H12ClFN2O3. The van der Waals surface area contributed by atoms with E-state index in [0.29, 0.717) is 11.4 Å². The van der Waals surface area contributed by atoms with Crippen LogP contribution in [0, 0.1) is 5.82 Å². The number of carbonyl (C=O) groups is 2. The molecule has 0 radical (unpaired) electrons. The maximum Gasteiger partial charge on any atom is 0.256 e. The number of nitrogens with zero attached hydrogens (tertiary/aromatic N) is 1. The van der Waals surface area contributed by atoms with Gasteiger partial charge in [-0.2, -0.15) is 0 Å². The standard InChI is InChI=1S/C16H12ClFN2O3/c17-12-6-9(4-5-13(12)18)19-14-8-15(22)20(16(14)23)10-2-1-3-11(21)7-10/h1-7,14,19,21H,8H2. The molecule has 1 aliphatic rings. The van der Waals surface area contributed by atoms with E-state index in [1.54, 1.807) is 12.1 Å². The SMILES string of the molecule is O=C1CC(Nc2ccc(F)c(Cl)c2)C(=O)N1c1cccc(O)c1. The first kappa shape index (κ1) is 15.3. The predicted molar refractivity (Wildman–Crippen MR) is 84.0 cm³/mol. The third-order valence-electron chi connectivity index (χ3n) is 3.50. The zero-order chi connectivity index (χ0) is 16.6. The van der Waals surface area contributed by atoms with E-state index in [2.05, 4.69) is 5.32 Å². The van der Waals surface area contributed by atoms with Crippen LogP contribution in [0.2, 0.25) is 5.02 Å². The number of imide groups is 1. The fraction of sp³-hybridized carbons (Fsp3) is 0.125. The van der Waals surface area contributed by atoms with Crippen molar-refractivity contribution in [1.82, 2.24) is 0 Å². The van der Waals surface area contributed by atoms with Crippen LogP contribution >= 0.6 is 11.6 Å². The van der Waals surface area contributed by atoms with Crippen LogP contribution in [-0.4, -0.2) is 23.0 Å². The molecule has 2 aromatic carbocycles. The second-order valence-electron chi connectivity index (χ2n) is 5.12. The Labute approximate surface area is 136 Å². The third-order valence-corrected chi connectivity index (χ3v) is 3.78. The lowest BCUT2D eigenvalue weighted by atomic mass is 10.2. The van der Waals surface area contributed by atoms with Gasteiger partial charge in [-0.3, -0.25) is 9.59 Å². The normalized spacial score (nSPS) is 17.7. The van der Waals surface area contributed by atoms with Crippen molar-refractivity contribution in [3.63, 3.8) is 0 Å². The first-order valence-electron chi connectivity index (χ1n) is 6.83. The molecule has 5 nitrogen and oxygen atoms in total. The fourth-order valence-corrected chi connectivity index (χ4v) is 2.62. The van der Waals surface area contributed by atoms with E-state index >= 15 is 0 Å². The summed E-state index contributed by atoms with van der Waals surface area (Å²) in [4.78, 5) is 25.6. The largest absolute Gasteiger partial charge is 0.508 e. The summed E-state index contributed by atoms with van der Waals surface area (Å²) in [6.45, 7) is 0. The molecule has 1 aliphatic heterocycles. The summed E-state index contributed by atoms with van der Waals surface area (Å²) in [7, 11) is 0. The van der Waals surface area contributed by atoms with E-state index < -0.39 is 17.8 Å². The number of anilines is 2. The highest BCUT2D eigenvalue weighted by atomic mass is 35.5. The van der Waals surface area contributed by atoms with Gasteiger partial charge in [0.05, 0.1) is 17.1 Å². The number of benzene rings is 2. The van der Waals surface area contributed by atoms with Crippen molar-refractivity contribution in [3.8, 4) is 5.75 Å². The Morgan fingerprint density at radius 1 is 1.22 bits per heavy atom. The van der Waals surface area contributed by atoms with Gasteiger partial charge in [0.25, 0.3) is 5.91 Å². The van der Waals surface area contributed by atoms with E-state index in [1.807, 2.05) is 0 Å². The van der Waals surface area contributed by atoms with Crippen LogP contribution in [-0.2, 0) is 9.59 Å². The molecule has 1 atom stereocenters. The number of hydrogen-bond acceptors (Lipinski definition) is 4. The Bertz CT molecular complexity index is 797. The van der Waals surface area contributed by atoms with E-state index in [4.69, 9.17) is 11.6 Å². The summed E-state index contributed by atoms with van der Waals surface area (Å²) in [5, 5.41) is 12.3. The summed E-state index contributed by atoms with van der Waals surface area (Å²) in [6, 6.07) is 9.10. The van der Waals surface area contributed by atoms with Crippen molar-refractivity contribution < 1.29 is 19.1 Å². The van der Waals surface area contributed by atoms with Crippen LogP contribution < -0.4 is 10.2 Å². The first-order chi connectivity index (χ1) is 11.0. The average molecular weight is 335 g/mol. The Balaban J connectivity index is 1.82. The summed E-state index contributed by atoms with van der Waals surface area (Å²) in [6.07, 6.45) is -0.0382. The van der Waals surface area contributed by atoms with Gasteiger partial charge in [-0.05, 0) is 30.3 Å². The monoisotopic (exact) mass is 334 g/mol. The van der Waals surface area contributed by atoms with Gasteiger partial charge < -0.3 is 10.4 Å².